The third-order valence-electron chi connectivity index (χ3n) is 3.32. The number of aryl methyl sites for hydroxylation is 1. The highest BCUT2D eigenvalue weighted by Crippen LogP contribution is 2.43. The molecule has 1 nitrogen and oxygen atoms in total. The largest absolute Gasteiger partial charge is 0.378 e. The number of alkyl halides is 1. The van der Waals surface area contributed by atoms with Crippen LogP contribution in [0.4, 0.5) is 0 Å². The Hall–Kier alpha value is 0.620. The van der Waals surface area contributed by atoms with Gasteiger partial charge in [0.1, 0.15) is 0 Å². The van der Waals surface area contributed by atoms with Gasteiger partial charge in [-0.3, -0.25) is 0 Å². The lowest BCUT2D eigenvalue weighted by Gasteiger charge is -2.35. The second kappa shape index (κ2) is 6.18. The van der Waals surface area contributed by atoms with E-state index in [1.54, 1.807) is 0 Å². The number of thiophene rings is 1. The van der Waals surface area contributed by atoms with Crippen molar-refractivity contribution in [2.24, 2.45) is 5.92 Å². The van der Waals surface area contributed by atoms with Crippen LogP contribution >= 0.6 is 43.2 Å². The van der Waals surface area contributed by atoms with Crippen LogP contribution in [0.5, 0.6) is 0 Å². The van der Waals surface area contributed by atoms with Crippen LogP contribution in [-0.4, -0.2) is 12.7 Å². The highest BCUT2D eigenvalue weighted by Gasteiger charge is 2.31. The fraction of sp³-hybridized carbons (Fsp3) is 0.692. The highest BCUT2D eigenvalue weighted by molar-refractivity contribution is 9.10. The molecule has 0 saturated heterocycles. The van der Waals surface area contributed by atoms with Crippen LogP contribution in [0.2, 0.25) is 0 Å². The molecule has 1 aliphatic rings. The number of halogens is 2. The molecule has 1 heterocycles. The van der Waals surface area contributed by atoms with Crippen LogP contribution in [0.25, 0.3) is 0 Å². The summed E-state index contributed by atoms with van der Waals surface area (Å²) in [5.74, 6) is 0.831. The van der Waals surface area contributed by atoms with Gasteiger partial charge in [-0.2, -0.15) is 0 Å². The average molecular weight is 382 g/mol. The minimum atomic E-state index is 0.505. The van der Waals surface area contributed by atoms with Gasteiger partial charge in [-0.1, -0.05) is 15.9 Å². The van der Waals surface area contributed by atoms with E-state index in [-0.39, 0.29) is 0 Å². The Morgan fingerprint density at radius 3 is 2.76 bits per heavy atom. The summed E-state index contributed by atoms with van der Waals surface area (Å²) in [6.07, 6.45) is 4.24. The van der Waals surface area contributed by atoms with Crippen molar-refractivity contribution in [2.75, 3.05) is 6.61 Å². The van der Waals surface area contributed by atoms with E-state index in [4.69, 9.17) is 4.74 Å². The summed E-state index contributed by atoms with van der Waals surface area (Å²) in [7, 11) is 0. The smallest absolute Gasteiger partial charge is 0.0580 e. The molecular weight excluding hydrogens is 364 g/mol. The Morgan fingerprint density at radius 2 is 2.24 bits per heavy atom. The molecule has 1 atom stereocenters. The first kappa shape index (κ1) is 14.0. The van der Waals surface area contributed by atoms with Crippen LogP contribution < -0.4 is 0 Å². The first-order chi connectivity index (χ1) is 8.10. The van der Waals surface area contributed by atoms with Gasteiger partial charge in [-0.25, -0.2) is 0 Å². The van der Waals surface area contributed by atoms with Gasteiger partial charge in [0.25, 0.3) is 0 Å². The number of hydrogen-bond acceptors (Lipinski definition) is 2. The molecule has 1 saturated carbocycles. The van der Waals surface area contributed by atoms with Crippen molar-refractivity contribution >= 4 is 43.2 Å². The summed E-state index contributed by atoms with van der Waals surface area (Å²) < 4.78 is 6.84. The maximum atomic E-state index is 5.60. The minimum Gasteiger partial charge on any atom is -0.378 e. The molecule has 17 heavy (non-hydrogen) atoms. The molecule has 0 aromatic carbocycles. The van der Waals surface area contributed by atoms with Gasteiger partial charge in [0, 0.05) is 25.7 Å². The predicted octanol–water partition coefficient (Wildman–Crippen LogP) is 5.46. The number of rotatable bonds is 5. The Kier molecular flexibility index (Phi) is 5.10. The van der Waals surface area contributed by atoms with Gasteiger partial charge in [-0.15, -0.1) is 11.3 Å². The molecular formula is C13H18Br2OS. The summed E-state index contributed by atoms with van der Waals surface area (Å²) in [4.78, 5) is 3.31. The lowest BCUT2D eigenvalue weighted by Crippen LogP contribution is -2.31. The Labute approximate surface area is 124 Å². The molecule has 1 aromatic rings. The lowest BCUT2D eigenvalue weighted by molar-refractivity contribution is -0.0264. The highest BCUT2D eigenvalue weighted by atomic mass is 79.9. The van der Waals surface area contributed by atoms with Crippen molar-refractivity contribution in [1.29, 1.82) is 0 Å². The number of ether oxygens (including phenoxy) is 1. The molecule has 96 valence electrons. The SMILES string of the molecule is CCOC1CC(CC(Br)c2cc(Br)c(C)s2)C1. The van der Waals surface area contributed by atoms with Gasteiger partial charge in [0.05, 0.1) is 6.10 Å². The Morgan fingerprint density at radius 1 is 1.53 bits per heavy atom. The summed E-state index contributed by atoms with van der Waals surface area (Å²) in [6, 6.07) is 2.25. The quantitative estimate of drug-likeness (QED) is 0.615. The first-order valence-electron chi connectivity index (χ1n) is 6.11. The topological polar surface area (TPSA) is 9.23 Å². The fourth-order valence-corrected chi connectivity index (χ4v) is 4.78. The van der Waals surface area contributed by atoms with Crippen molar-refractivity contribution in [3.05, 3.63) is 20.3 Å². The monoisotopic (exact) mass is 380 g/mol. The third kappa shape index (κ3) is 3.55. The van der Waals surface area contributed by atoms with Crippen LogP contribution in [-0.2, 0) is 4.74 Å². The molecule has 0 radical (unpaired) electrons. The Bertz CT molecular complexity index is 352. The van der Waals surface area contributed by atoms with Crippen molar-refractivity contribution in [3.63, 3.8) is 0 Å². The zero-order valence-electron chi connectivity index (χ0n) is 10.2. The molecule has 1 aliphatic carbocycles. The Balaban J connectivity index is 1.80. The van der Waals surface area contributed by atoms with Gasteiger partial charge < -0.3 is 4.74 Å². The maximum Gasteiger partial charge on any atom is 0.0580 e. The zero-order chi connectivity index (χ0) is 12.4. The molecule has 2 rings (SSSR count). The fourth-order valence-electron chi connectivity index (χ4n) is 2.28. The molecule has 0 N–H and O–H groups in total. The van der Waals surface area contributed by atoms with E-state index in [1.807, 2.05) is 11.3 Å². The molecule has 4 heteroatoms. The van der Waals surface area contributed by atoms with Gasteiger partial charge >= 0.3 is 0 Å². The summed E-state index contributed by atoms with van der Waals surface area (Å²) in [5, 5.41) is 0. The van der Waals surface area contributed by atoms with Crippen LogP contribution in [0.1, 0.15) is 40.8 Å². The van der Waals surface area contributed by atoms with Crippen LogP contribution in [0.3, 0.4) is 0 Å². The average Bonchev–Trinajstić information content (AvgIpc) is 2.56. The van der Waals surface area contributed by atoms with Crippen molar-refractivity contribution < 1.29 is 4.74 Å². The maximum absolute atomic E-state index is 5.60. The van der Waals surface area contributed by atoms with Gasteiger partial charge in [0.2, 0.25) is 0 Å². The van der Waals surface area contributed by atoms with E-state index >= 15 is 0 Å². The summed E-state index contributed by atoms with van der Waals surface area (Å²) >= 11 is 9.28. The minimum absolute atomic E-state index is 0.505. The van der Waals surface area contributed by atoms with E-state index in [2.05, 4.69) is 51.8 Å². The second-order valence-corrected chi connectivity index (χ2v) is 7.92. The van der Waals surface area contributed by atoms with Crippen molar-refractivity contribution in [3.8, 4) is 0 Å². The molecule has 1 aromatic heterocycles. The molecule has 1 fully saturated rings. The van der Waals surface area contributed by atoms with E-state index in [0.717, 1.165) is 12.5 Å². The van der Waals surface area contributed by atoms with Crippen LogP contribution in [0.15, 0.2) is 10.5 Å². The van der Waals surface area contributed by atoms with Crippen molar-refractivity contribution in [2.45, 2.75) is 44.0 Å². The van der Waals surface area contributed by atoms with Gasteiger partial charge in [0.15, 0.2) is 0 Å². The lowest BCUT2D eigenvalue weighted by atomic mass is 9.79. The molecule has 0 bridgehead atoms. The van der Waals surface area contributed by atoms with Gasteiger partial charge in [-0.05, 0) is 61.0 Å². The molecule has 0 spiro atoms. The summed E-state index contributed by atoms with van der Waals surface area (Å²) in [6.45, 7) is 5.09. The van der Waals surface area contributed by atoms with E-state index in [0.29, 0.717) is 10.9 Å². The number of hydrogen-bond donors (Lipinski definition) is 0. The molecule has 0 amide bonds. The summed E-state index contributed by atoms with van der Waals surface area (Å²) in [5.41, 5.74) is 0. The first-order valence-corrected chi connectivity index (χ1v) is 8.64. The molecule has 1 unspecified atom stereocenters. The van der Waals surface area contributed by atoms with E-state index in [1.165, 1.54) is 33.5 Å². The standard InChI is InChI=1S/C13H18Br2OS/c1-3-16-10-4-9(5-10)6-12(15)13-7-11(14)8(2)17-13/h7,9-10,12H,3-6H2,1-2H3. The van der Waals surface area contributed by atoms with Crippen LogP contribution in [0, 0.1) is 12.8 Å². The third-order valence-corrected chi connectivity index (χ3v) is 6.74. The zero-order valence-corrected chi connectivity index (χ0v) is 14.2. The molecule has 0 aliphatic heterocycles. The normalized spacial score (nSPS) is 25.6. The van der Waals surface area contributed by atoms with E-state index in [9.17, 15) is 0 Å². The van der Waals surface area contributed by atoms with E-state index < -0.39 is 0 Å². The predicted molar refractivity (Wildman–Crippen MR) is 81.2 cm³/mol. The van der Waals surface area contributed by atoms with Crippen molar-refractivity contribution in [1.82, 2.24) is 0 Å². The second-order valence-electron chi connectivity index (χ2n) is 4.67.